The third-order valence-electron chi connectivity index (χ3n) is 3.29. The van der Waals surface area contributed by atoms with Crippen LogP contribution in [0.15, 0.2) is 24.5 Å². The highest BCUT2D eigenvalue weighted by atomic mass is 16.5. The third kappa shape index (κ3) is 2.19. The van der Waals surface area contributed by atoms with E-state index in [9.17, 15) is 0 Å². The Hall–Kier alpha value is -2.30. The summed E-state index contributed by atoms with van der Waals surface area (Å²) in [5, 5.41) is 0. The lowest BCUT2D eigenvalue weighted by atomic mass is 10.1. The molecule has 5 heteroatoms. The van der Waals surface area contributed by atoms with E-state index in [1.54, 1.807) is 0 Å². The Labute approximate surface area is 111 Å². The van der Waals surface area contributed by atoms with Crippen LogP contribution >= 0.6 is 0 Å². The van der Waals surface area contributed by atoms with Crippen LogP contribution in [0.2, 0.25) is 0 Å². The molecule has 0 amide bonds. The van der Waals surface area contributed by atoms with E-state index in [0.29, 0.717) is 17.4 Å². The van der Waals surface area contributed by atoms with Gasteiger partial charge in [-0.05, 0) is 42.5 Å². The molecule has 0 atom stereocenters. The molecule has 3 rings (SSSR count). The van der Waals surface area contributed by atoms with Gasteiger partial charge >= 0.3 is 0 Å². The first-order chi connectivity index (χ1) is 9.28. The van der Waals surface area contributed by atoms with Crippen molar-refractivity contribution in [1.82, 2.24) is 9.97 Å². The van der Waals surface area contributed by atoms with Gasteiger partial charge in [0.1, 0.15) is 12.1 Å². The van der Waals surface area contributed by atoms with Crippen LogP contribution in [0.1, 0.15) is 17.5 Å². The summed E-state index contributed by atoms with van der Waals surface area (Å²) in [5.41, 5.74) is 8.94. The Morgan fingerprint density at radius 3 is 2.74 bits per heavy atom. The summed E-state index contributed by atoms with van der Waals surface area (Å²) in [6.45, 7) is 0. The Morgan fingerprint density at radius 2 is 1.89 bits per heavy atom. The molecule has 2 aromatic rings. The van der Waals surface area contributed by atoms with E-state index < -0.39 is 0 Å². The SMILES string of the molecule is COc1ncnc(Oc2ccc3c(c2)CCC3)c1N. The summed E-state index contributed by atoms with van der Waals surface area (Å²) in [6.07, 6.45) is 4.84. The second kappa shape index (κ2) is 4.76. The minimum atomic E-state index is 0.311. The van der Waals surface area contributed by atoms with Crippen molar-refractivity contribution in [3.05, 3.63) is 35.7 Å². The maximum absolute atomic E-state index is 5.88. The molecule has 1 aromatic heterocycles. The second-order valence-corrected chi connectivity index (χ2v) is 4.49. The van der Waals surface area contributed by atoms with Gasteiger partial charge in [0.15, 0.2) is 5.69 Å². The molecule has 0 radical (unpaired) electrons. The van der Waals surface area contributed by atoms with Gasteiger partial charge in [0, 0.05) is 0 Å². The molecule has 0 spiro atoms. The number of anilines is 1. The van der Waals surface area contributed by atoms with Crippen molar-refractivity contribution in [2.45, 2.75) is 19.3 Å². The summed E-state index contributed by atoms with van der Waals surface area (Å²) in [7, 11) is 1.51. The van der Waals surface area contributed by atoms with E-state index in [4.69, 9.17) is 15.2 Å². The summed E-state index contributed by atoms with van der Waals surface area (Å²) >= 11 is 0. The largest absolute Gasteiger partial charge is 0.479 e. The number of aryl methyl sites for hydroxylation is 2. The average molecular weight is 257 g/mol. The maximum atomic E-state index is 5.88. The van der Waals surface area contributed by atoms with Crippen LogP contribution in [0.4, 0.5) is 5.69 Å². The smallest absolute Gasteiger partial charge is 0.249 e. The number of nitrogens with two attached hydrogens (primary N) is 1. The van der Waals surface area contributed by atoms with Crippen LogP contribution in [0, 0.1) is 0 Å². The molecule has 1 aromatic carbocycles. The van der Waals surface area contributed by atoms with Crippen LogP contribution in [0.5, 0.6) is 17.5 Å². The highest BCUT2D eigenvalue weighted by molar-refractivity contribution is 5.57. The number of fused-ring (bicyclic) bond motifs is 1. The number of nitrogens with zero attached hydrogens (tertiary/aromatic N) is 2. The van der Waals surface area contributed by atoms with E-state index in [2.05, 4.69) is 22.1 Å². The molecule has 0 saturated carbocycles. The first-order valence-corrected chi connectivity index (χ1v) is 6.22. The zero-order chi connectivity index (χ0) is 13.2. The molecule has 0 bridgehead atoms. The van der Waals surface area contributed by atoms with Gasteiger partial charge in [0.2, 0.25) is 11.8 Å². The van der Waals surface area contributed by atoms with Gasteiger partial charge in [0.25, 0.3) is 0 Å². The van der Waals surface area contributed by atoms with Gasteiger partial charge in [-0.25, -0.2) is 0 Å². The summed E-state index contributed by atoms with van der Waals surface area (Å²) in [5.74, 6) is 1.39. The third-order valence-corrected chi connectivity index (χ3v) is 3.29. The number of benzene rings is 1. The molecule has 5 nitrogen and oxygen atoms in total. The predicted octanol–water partition coefficient (Wildman–Crippen LogP) is 2.35. The number of aromatic nitrogens is 2. The van der Waals surface area contributed by atoms with Crippen LogP contribution in [-0.4, -0.2) is 17.1 Å². The van der Waals surface area contributed by atoms with E-state index in [0.717, 1.165) is 18.6 Å². The van der Waals surface area contributed by atoms with Crippen molar-refractivity contribution in [3.63, 3.8) is 0 Å². The fourth-order valence-electron chi connectivity index (χ4n) is 2.33. The lowest BCUT2D eigenvalue weighted by molar-refractivity contribution is 0.391. The van der Waals surface area contributed by atoms with Crippen LogP contribution in [-0.2, 0) is 12.8 Å². The zero-order valence-electron chi connectivity index (χ0n) is 10.7. The van der Waals surface area contributed by atoms with Gasteiger partial charge in [-0.2, -0.15) is 9.97 Å². The molecule has 0 saturated heterocycles. The molecule has 98 valence electrons. The van der Waals surface area contributed by atoms with Gasteiger partial charge < -0.3 is 15.2 Å². The number of nitrogen functional groups attached to an aromatic ring is 1. The van der Waals surface area contributed by atoms with Crippen molar-refractivity contribution in [3.8, 4) is 17.5 Å². The molecule has 1 heterocycles. The van der Waals surface area contributed by atoms with E-state index in [1.165, 1.54) is 31.0 Å². The number of rotatable bonds is 3. The minimum absolute atomic E-state index is 0.311. The van der Waals surface area contributed by atoms with Crippen LogP contribution in [0.25, 0.3) is 0 Å². The summed E-state index contributed by atoms with van der Waals surface area (Å²) < 4.78 is 10.8. The van der Waals surface area contributed by atoms with Crippen molar-refractivity contribution >= 4 is 5.69 Å². The van der Waals surface area contributed by atoms with Crippen molar-refractivity contribution in [2.24, 2.45) is 0 Å². The predicted molar refractivity (Wildman–Crippen MR) is 71.5 cm³/mol. The quantitative estimate of drug-likeness (QED) is 0.913. The lowest BCUT2D eigenvalue weighted by Crippen LogP contribution is -2.00. The van der Waals surface area contributed by atoms with Gasteiger partial charge in [-0.15, -0.1) is 0 Å². The van der Waals surface area contributed by atoms with E-state index in [-0.39, 0.29) is 0 Å². The fraction of sp³-hybridized carbons (Fsp3) is 0.286. The number of ether oxygens (including phenoxy) is 2. The topological polar surface area (TPSA) is 70.3 Å². The number of methoxy groups -OCH3 is 1. The zero-order valence-corrected chi connectivity index (χ0v) is 10.7. The number of hydrogen-bond acceptors (Lipinski definition) is 5. The fourth-order valence-corrected chi connectivity index (χ4v) is 2.33. The lowest BCUT2D eigenvalue weighted by Gasteiger charge is -2.10. The molecule has 19 heavy (non-hydrogen) atoms. The molecule has 2 N–H and O–H groups in total. The van der Waals surface area contributed by atoms with Crippen molar-refractivity contribution in [1.29, 1.82) is 0 Å². The maximum Gasteiger partial charge on any atom is 0.249 e. The number of hydrogen-bond donors (Lipinski definition) is 1. The average Bonchev–Trinajstić information content (AvgIpc) is 2.88. The first kappa shape index (κ1) is 11.8. The van der Waals surface area contributed by atoms with Crippen molar-refractivity contribution < 1.29 is 9.47 Å². The van der Waals surface area contributed by atoms with Crippen LogP contribution in [0.3, 0.4) is 0 Å². The molecule has 0 fully saturated rings. The highest BCUT2D eigenvalue weighted by Crippen LogP contribution is 2.32. The highest BCUT2D eigenvalue weighted by Gasteiger charge is 2.14. The molecular weight excluding hydrogens is 242 g/mol. The molecule has 0 unspecified atom stereocenters. The minimum Gasteiger partial charge on any atom is -0.479 e. The standard InChI is InChI=1S/C14H15N3O2/c1-18-13-12(15)14(17-8-16-13)19-11-6-5-9-3-2-4-10(9)7-11/h5-8H,2-4,15H2,1H3. The van der Waals surface area contributed by atoms with Crippen LogP contribution < -0.4 is 15.2 Å². The first-order valence-electron chi connectivity index (χ1n) is 6.22. The molecular formula is C14H15N3O2. The summed E-state index contributed by atoms with van der Waals surface area (Å²) in [4.78, 5) is 7.96. The van der Waals surface area contributed by atoms with E-state index >= 15 is 0 Å². The Bertz CT molecular complexity index is 614. The second-order valence-electron chi connectivity index (χ2n) is 4.49. The summed E-state index contributed by atoms with van der Waals surface area (Å²) in [6, 6.07) is 6.10. The molecule has 1 aliphatic carbocycles. The molecule has 1 aliphatic rings. The Morgan fingerprint density at radius 1 is 1.11 bits per heavy atom. The Balaban J connectivity index is 1.89. The van der Waals surface area contributed by atoms with Gasteiger partial charge in [-0.1, -0.05) is 6.07 Å². The van der Waals surface area contributed by atoms with Crippen molar-refractivity contribution in [2.75, 3.05) is 12.8 Å². The van der Waals surface area contributed by atoms with Gasteiger partial charge in [0.05, 0.1) is 7.11 Å². The molecule has 0 aliphatic heterocycles. The van der Waals surface area contributed by atoms with E-state index in [1.807, 2.05) is 6.07 Å². The van der Waals surface area contributed by atoms with Gasteiger partial charge in [-0.3, -0.25) is 0 Å². The monoisotopic (exact) mass is 257 g/mol. The normalized spacial score (nSPS) is 13.1. The Kier molecular flexibility index (Phi) is 2.95.